The lowest BCUT2D eigenvalue weighted by molar-refractivity contribution is -0.136. The first-order chi connectivity index (χ1) is 13.6. The van der Waals surface area contributed by atoms with E-state index in [2.05, 4.69) is 12.2 Å². The van der Waals surface area contributed by atoms with Crippen molar-refractivity contribution in [3.63, 3.8) is 0 Å². The fourth-order valence-electron chi connectivity index (χ4n) is 3.25. The van der Waals surface area contributed by atoms with Crippen LogP contribution in [0.3, 0.4) is 0 Å². The predicted molar refractivity (Wildman–Crippen MR) is 114 cm³/mol. The summed E-state index contributed by atoms with van der Waals surface area (Å²) in [6.45, 7) is 10.6. The lowest BCUT2D eigenvalue weighted by atomic mass is 10.1. The first-order valence-electron chi connectivity index (χ1n) is 10.2. The standard InChI is InChI=1S/C22H34N4O3/c1-6-17-7-9-18(10-8-17)21(29)26-13-11-25(12-14-26)16-20(28)24(5)15-19(27)23-22(2,3)4/h7-10H,6,11-16H2,1-5H3,(H,23,27). The smallest absolute Gasteiger partial charge is 0.253 e. The first-order valence-corrected chi connectivity index (χ1v) is 10.2. The summed E-state index contributed by atoms with van der Waals surface area (Å²) < 4.78 is 0. The van der Waals surface area contributed by atoms with Crippen LogP contribution in [0, 0.1) is 0 Å². The predicted octanol–water partition coefficient (Wildman–Crippen LogP) is 1.38. The van der Waals surface area contributed by atoms with E-state index in [-0.39, 0.29) is 36.3 Å². The third-order valence-corrected chi connectivity index (χ3v) is 4.95. The van der Waals surface area contributed by atoms with Crippen LogP contribution in [0.15, 0.2) is 24.3 Å². The molecule has 0 atom stereocenters. The maximum absolute atomic E-state index is 12.7. The number of hydrogen-bond acceptors (Lipinski definition) is 4. The van der Waals surface area contributed by atoms with Gasteiger partial charge in [0.2, 0.25) is 11.8 Å². The van der Waals surface area contributed by atoms with E-state index in [9.17, 15) is 14.4 Å². The summed E-state index contributed by atoms with van der Waals surface area (Å²) >= 11 is 0. The third kappa shape index (κ3) is 7.16. The van der Waals surface area contributed by atoms with Crippen molar-refractivity contribution in [2.24, 2.45) is 0 Å². The van der Waals surface area contributed by atoms with Crippen LogP contribution in [0.2, 0.25) is 0 Å². The van der Waals surface area contributed by atoms with Gasteiger partial charge in [0.25, 0.3) is 5.91 Å². The molecular weight excluding hydrogens is 368 g/mol. The molecule has 0 radical (unpaired) electrons. The molecule has 1 heterocycles. The van der Waals surface area contributed by atoms with Crippen molar-refractivity contribution in [3.8, 4) is 0 Å². The minimum absolute atomic E-state index is 0.0367. The SMILES string of the molecule is CCc1ccc(C(=O)N2CCN(CC(=O)N(C)CC(=O)NC(C)(C)C)CC2)cc1. The molecule has 1 aromatic carbocycles. The van der Waals surface area contributed by atoms with Crippen molar-refractivity contribution in [3.05, 3.63) is 35.4 Å². The van der Waals surface area contributed by atoms with Gasteiger partial charge in [0.1, 0.15) is 0 Å². The average Bonchev–Trinajstić information content (AvgIpc) is 2.66. The van der Waals surface area contributed by atoms with Gasteiger partial charge in [0.05, 0.1) is 13.1 Å². The Bertz CT molecular complexity index is 717. The highest BCUT2D eigenvalue weighted by atomic mass is 16.2. The van der Waals surface area contributed by atoms with E-state index in [1.54, 1.807) is 7.05 Å². The molecule has 2 rings (SSSR count). The van der Waals surface area contributed by atoms with E-state index < -0.39 is 0 Å². The molecule has 1 aliphatic heterocycles. The second-order valence-corrected chi connectivity index (χ2v) is 8.67. The molecular formula is C22H34N4O3. The van der Waals surface area contributed by atoms with Gasteiger partial charge in [-0.1, -0.05) is 19.1 Å². The van der Waals surface area contributed by atoms with Crippen LogP contribution in [-0.4, -0.2) is 84.3 Å². The zero-order chi connectivity index (χ0) is 21.6. The van der Waals surface area contributed by atoms with Crippen molar-refractivity contribution in [1.82, 2.24) is 20.0 Å². The van der Waals surface area contributed by atoms with Gasteiger partial charge >= 0.3 is 0 Å². The number of piperazine rings is 1. The molecule has 0 aliphatic carbocycles. The normalized spacial score (nSPS) is 15.1. The monoisotopic (exact) mass is 402 g/mol. The van der Waals surface area contributed by atoms with Crippen molar-refractivity contribution in [1.29, 1.82) is 0 Å². The molecule has 7 nitrogen and oxygen atoms in total. The van der Waals surface area contributed by atoms with Gasteiger partial charge in [-0.25, -0.2) is 0 Å². The molecule has 1 fully saturated rings. The van der Waals surface area contributed by atoms with E-state index >= 15 is 0 Å². The largest absolute Gasteiger partial charge is 0.350 e. The molecule has 29 heavy (non-hydrogen) atoms. The van der Waals surface area contributed by atoms with Crippen molar-refractivity contribution in [2.75, 3.05) is 46.3 Å². The van der Waals surface area contributed by atoms with Gasteiger partial charge in [-0.2, -0.15) is 0 Å². The van der Waals surface area contributed by atoms with Crippen LogP contribution in [0.25, 0.3) is 0 Å². The summed E-state index contributed by atoms with van der Waals surface area (Å²) in [7, 11) is 1.64. The number of carbonyl (C=O) groups is 3. The quantitative estimate of drug-likeness (QED) is 0.780. The molecule has 160 valence electrons. The Morgan fingerprint density at radius 3 is 2.14 bits per heavy atom. The lowest BCUT2D eigenvalue weighted by Crippen LogP contribution is -2.52. The zero-order valence-corrected chi connectivity index (χ0v) is 18.3. The van der Waals surface area contributed by atoms with E-state index in [0.717, 1.165) is 6.42 Å². The number of benzene rings is 1. The first kappa shape index (κ1) is 22.9. The Morgan fingerprint density at radius 2 is 1.62 bits per heavy atom. The molecule has 1 N–H and O–H groups in total. The molecule has 1 aromatic rings. The molecule has 1 aliphatic rings. The van der Waals surface area contributed by atoms with Crippen molar-refractivity contribution in [2.45, 2.75) is 39.7 Å². The molecule has 0 spiro atoms. The van der Waals surface area contributed by atoms with Gasteiger partial charge in [-0.05, 0) is 44.9 Å². The minimum atomic E-state index is -0.319. The number of amides is 3. The maximum atomic E-state index is 12.7. The van der Waals surface area contributed by atoms with E-state index in [1.165, 1.54) is 10.5 Å². The van der Waals surface area contributed by atoms with Crippen LogP contribution < -0.4 is 5.32 Å². The molecule has 0 aromatic heterocycles. The summed E-state index contributed by atoms with van der Waals surface area (Å²) in [6, 6.07) is 7.75. The average molecular weight is 403 g/mol. The summed E-state index contributed by atoms with van der Waals surface area (Å²) in [5.41, 5.74) is 1.60. The molecule has 0 saturated carbocycles. The Balaban J connectivity index is 1.79. The number of rotatable bonds is 6. The van der Waals surface area contributed by atoms with E-state index in [1.807, 2.05) is 54.8 Å². The second kappa shape index (κ2) is 9.87. The second-order valence-electron chi connectivity index (χ2n) is 8.67. The Kier molecular flexibility index (Phi) is 7.79. The summed E-state index contributed by atoms with van der Waals surface area (Å²) in [6.07, 6.45) is 0.952. The van der Waals surface area contributed by atoms with E-state index in [4.69, 9.17) is 0 Å². The van der Waals surface area contributed by atoms with Crippen LogP contribution in [0.5, 0.6) is 0 Å². The number of hydrogen-bond donors (Lipinski definition) is 1. The maximum Gasteiger partial charge on any atom is 0.253 e. The molecule has 3 amide bonds. The number of nitrogens with zero attached hydrogens (tertiary/aromatic N) is 3. The Hall–Kier alpha value is -2.41. The van der Waals surface area contributed by atoms with E-state index in [0.29, 0.717) is 31.7 Å². The Labute approximate surface area is 174 Å². The fraction of sp³-hybridized carbons (Fsp3) is 0.591. The summed E-state index contributed by atoms with van der Waals surface area (Å²) in [5, 5.41) is 2.86. The minimum Gasteiger partial charge on any atom is -0.350 e. The highest BCUT2D eigenvalue weighted by molar-refractivity contribution is 5.94. The van der Waals surface area contributed by atoms with Gasteiger partial charge in [-0.3, -0.25) is 19.3 Å². The van der Waals surface area contributed by atoms with Gasteiger partial charge in [0.15, 0.2) is 0 Å². The van der Waals surface area contributed by atoms with Crippen LogP contribution in [0.4, 0.5) is 0 Å². The van der Waals surface area contributed by atoms with Crippen molar-refractivity contribution >= 4 is 17.7 Å². The van der Waals surface area contributed by atoms with Crippen molar-refractivity contribution < 1.29 is 14.4 Å². The number of nitrogens with one attached hydrogen (secondary N) is 1. The number of aryl methyl sites for hydroxylation is 1. The highest BCUT2D eigenvalue weighted by Gasteiger charge is 2.25. The number of carbonyl (C=O) groups excluding carboxylic acids is 3. The molecule has 7 heteroatoms. The zero-order valence-electron chi connectivity index (χ0n) is 18.3. The van der Waals surface area contributed by atoms with Crippen LogP contribution in [-0.2, 0) is 16.0 Å². The molecule has 1 saturated heterocycles. The lowest BCUT2D eigenvalue weighted by Gasteiger charge is -2.35. The fourth-order valence-corrected chi connectivity index (χ4v) is 3.25. The van der Waals surface area contributed by atoms with Gasteiger partial charge < -0.3 is 15.1 Å². The highest BCUT2D eigenvalue weighted by Crippen LogP contribution is 2.11. The van der Waals surface area contributed by atoms with Crippen LogP contribution in [0.1, 0.15) is 43.6 Å². The topological polar surface area (TPSA) is 73.0 Å². The molecule has 0 bridgehead atoms. The summed E-state index contributed by atoms with van der Waals surface area (Å²) in [4.78, 5) is 42.4. The van der Waals surface area contributed by atoms with Gasteiger partial charge in [0, 0.05) is 44.3 Å². The number of likely N-dealkylation sites (N-methyl/N-ethyl adjacent to an activating group) is 1. The molecule has 0 unspecified atom stereocenters. The summed E-state index contributed by atoms with van der Waals surface area (Å²) in [5.74, 6) is -0.226. The van der Waals surface area contributed by atoms with Crippen LogP contribution >= 0.6 is 0 Å². The Morgan fingerprint density at radius 1 is 1.03 bits per heavy atom. The third-order valence-electron chi connectivity index (χ3n) is 4.95. The van der Waals surface area contributed by atoms with Gasteiger partial charge in [-0.15, -0.1) is 0 Å².